The molecular formula is C19H12N2O5S. The van der Waals surface area contributed by atoms with Crippen molar-refractivity contribution in [2.45, 2.75) is 0 Å². The third-order valence-corrected chi connectivity index (χ3v) is 4.99. The summed E-state index contributed by atoms with van der Waals surface area (Å²) >= 11 is 1.05. The second-order valence-corrected chi connectivity index (χ2v) is 6.71. The first-order chi connectivity index (χ1) is 13.0. The lowest BCUT2D eigenvalue weighted by Gasteiger charge is -2.06. The van der Waals surface area contributed by atoms with Crippen LogP contribution in [-0.4, -0.2) is 15.8 Å². The van der Waals surface area contributed by atoms with E-state index in [9.17, 15) is 19.5 Å². The Morgan fingerprint density at radius 3 is 2.19 bits per heavy atom. The molecule has 2 aromatic heterocycles. The van der Waals surface area contributed by atoms with E-state index >= 15 is 0 Å². The molecule has 0 aliphatic heterocycles. The molecule has 0 aliphatic carbocycles. The van der Waals surface area contributed by atoms with Gasteiger partial charge in [0.25, 0.3) is 0 Å². The smallest absolute Gasteiger partial charge is 0.348 e. The molecule has 0 unspecified atom stereocenters. The lowest BCUT2D eigenvalue weighted by atomic mass is 10.2. The van der Waals surface area contributed by atoms with Gasteiger partial charge in [-0.05, 0) is 48.0 Å². The van der Waals surface area contributed by atoms with E-state index in [1.54, 1.807) is 18.2 Å². The summed E-state index contributed by atoms with van der Waals surface area (Å²) in [6.45, 7) is 0. The van der Waals surface area contributed by atoms with E-state index in [0.29, 0.717) is 16.4 Å². The topological polar surface area (TPSA) is 97.6 Å². The number of aromatic nitrogens is 1. The maximum absolute atomic E-state index is 11.5. The van der Waals surface area contributed by atoms with E-state index in [-0.39, 0.29) is 10.6 Å². The van der Waals surface area contributed by atoms with Gasteiger partial charge in [0.15, 0.2) is 0 Å². The Bertz CT molecular complexity index is 1160. The van der Waals surface area contributed by atoms with E-state index < -0.39 is 17.1 Å². The number of hydrogen-bond donors (Lipinski definition) is 2. The zero-order valence-electron chi connectivity index (χ0n) is 13.7. The number of anilines is 1. The number of carboxylic acids is 1. The number of carboxylic acid groups (broad SMARTS) is 1. The van der Waals surface area contributed by atoms with Crippen LogP contribution in [-0.2, 0) is 0 Å². The van der Waals surface area contributed by atoms with Crippen molar-refractivity contribution in [2.24, 2.45) is 0 Å². The van der Waals surface area contributed by atoms with Crippen molar-refractivity contribution < 1.29 is 14.6 Å². The predicted octanol–water partition coefficient (Wildman–Crippen LogP) is 3.18. The largest absolute Gasteiger partial charge is 0.477 e. The Labute approximate surface area is 156 Å². The fourth-order valence-corrected chi connectivity index (χ4v) is 3.40. The van der Waals surface area contributed by atoms with Gasteiger partial charge in [-0.2, -0.15) is 4.68 Å². The summed E-state index contributed by atoms with van der Waals surface area (Å²) < 4.78 is 6.51. The number of ether oxygens (including phenoxy) is 1. The monoisotopic (exact) mass is 380 g/mol. The van der Waals surface area contributed by atoms with E-state index in [0.717, 1.165) is 21.6 Å². The second kappa shape index (κ2) is 6.58. The number of hydrogen-bond acceptors (Lipinski definition) is 6. The summed E-state index contributed by atoms with van der Waals surface area (Å²) in [6, 6.07) is 18.1. The summed E-state index contributed by atoms with van der Waals surface area (Å²) in [6.07, 6.45) is 0. The van der Waals surface area contributed by atoms with Crippen LogP contribution in [0.4, 0.5) is 5.69 Å². The molecule has 2 aromatic carbocycles. The molecule has 2 N–H and O–H groups in total. The number of benzene rings is 2. The van der Waals surface area contributed by atoms with Crippen LogP contribution in [0.1, 0.15) is 9.67 Å². The molecule has 8 heteroatoms. The standard InChI is InChI=1S/C19H12N2O5S/c22-17-18(23)21(17)20-14-10-15(27-16(14)19(24)25)11-6-8-13(9-7-11)26-12-4-2-1-3-5-12/h1-10,20H,(H,24,25). The van der Waals surface area contributed by atoms with Crippen molar-refractivity contribution in [1.82, 2.24) is 4.68 Å². The van der Waals surface area contributed by atoms with Crippen LogP contribution < -0.4 is 21.3 Å². The van der Waals surface area contributed by atoms with Crippen LogP contribution in [0.25, 0.3) is 10.4 Å². The number of rotatable bonds is 6. The molecule has 2 heterocycles. The Morgan fingerprint density at radius 1 is 0.963 bits per heavy atom. The fraction of sp³-hybridized carbons (Fsp3) is 0. The molecule has 134 valence electrons. The minimum absolute atomic E-state index is 0.0158. The Balaban J connectivity index is 1.59. The molecule has 4 aromatic rings. The zero-order valence-corrected chi connectivity index (χ0v) is 14.5. The highest BCUT2D eigenvalue weighted by Crippen LogP contribution is 2.36. The van der Waals surface area contributed by atoms with Crippen molar-refractivity contribution >= 4 is 23.0 Å². The van der Waals surface area contributed by atoms with Gasteiger partial charge in [0.05, 0.1) is 5.69 Å². The van der Waals surface area contributed by atoms with E-state index in [1.165, 1.54) is 0 Å². The Hall–Kier alpha value is -3.65. The van der Waals surface area contributed by atoms with Gasteiger partial charge >= 0.3 is 17.1 Å². The Kier molecular flexibility index (Phi) is 4.09. The van der Waals surface area contributed by atoms with E-state index in [4.69, 9.17) is 4.74 Å². The first-order valence-electron chi connectivity index (χ1n) is 7.88. The quantitative estimate of drug-likeness (QED) is 0.499. The molecular weight excluding hydrogens is 368 g/mol. The van der Waals surface area contributed by atoms with Crippen LogP contribution in [0.3, 0.4) is 0 Å². The minimum Gasteiger partial charge on any atom is -0.477 e. The van der Waals surface area contributed by atoms with Crippen molar-refractivity contribution in [3.8, 4) is 21.9 Å². The number of carbonyl (C=O) groups is 1. The SMILES string of the molecule is O=C(O)c1sc(-c2ccc(Oc3ccccc3)cc2)cc1Nn1c(=O)c1=O. The van der Waals surface area contributed by atoms with Gasteiger partial charge in [-0.25, -0.2) is 4.79 Å². The zero-order chi connectivity index (χ0) is 19.0. The maximum atomic E-state index is 11.5. The minimum atomic E-state index is -1.14. The first-order valence-corrected chi connectivity index (χ1v) is 8.70. The van der Waals surface area contributed by atoms with Crippen molar-refractivity contribution in [3.05, 3.63) is 86.2 Å². The van der Waals surface area contributed by atoms with Gasteiger partial charge in [0, 0.05) is 4.88 Å². The van der Waals surface area contributed by atoms with E-state index in [1.807, 2.05) is 42.5 Å². The lowest BCUT2D eigenvalue weighted by Crippen LogP contribution is -2.09. The van der Waals surface area contributed by atoms with Gasteiger partial charge in [-0.15, -0.1) is 11.3 Å². The molecule has 7 nitrogen and oxygen atoms in total. The molecule has 0 amide bonds. The summed E-state index contributed by atoms with van der Waals surface area (Å²) in [7, 11) is 0. The Morgan fingerprint density at radius 2 is 1.59 bits per heavy atom. The average Bonchev–Trinajstić information content (AvgIpc) is 3.07. The average molecular weight is 380 g/mol. The molecule has 0 radical (unpaired) electrons. The number of para-hydroxylation sites is 1. The number of thiophene rings is 1. The molecule has 0 saturated carbocycles. The number of aromatic carboxylic acids is 1. The number of nitrogens with zero attached hydrogens (tertiary/aromatic N) is 1. The van der Waals surface area contributed by atoms with Crippen LogP contribution >= 0.6 is 11.3 Å². The normalized spacial score (nSPS) is 10.8. The molecule has 0 fully saturated rings. The van der Waals surface area contributed by atoms with Gasteiger partial charge in [-0.1, -0.05) is 18.2 Å². The third kappa shape index (κ3) is 3.38. The molecule has 4 rings (SSSR count). The van der Waals surface area contributed by atoms with Crippen molar-refractivity contribution in [3.63, 3.8) is 0 Å². The lowest BCUT2D eigenvalue weighted by molar-refractivity contribution is 0.0703. The second-order valence-electron chi connectivity index (χ2n) is 5.66. The molecule has 0 spiro atoms. The highest BCUT2D eigenvalue weighted by molar-refractivity contribution is 7.18. The summed E-state index contributed by atoms with van der Waals surface area (Å²) in [4.78, 5) is 34.4. The van der Waals surface area contributed by atoms with Gasteiger partial charge in [0.2, 0.25) is 0 Å². The first kappa shape index (κ1) is 16.8. The summed E-state index contributed by atoms with van der Waals surface area (Å²) in [5.74, 6) is 0.229. The van der Waals surface area contributed by atoms with Gasteiger partial charge in [-0.3, -0.25) is 15.0 Å². The van der Waals surface area contributed by atoms with Crippen molar-refractivity contribution in [2.75, 3.05) is 5.43 Å². The van der Waals surface area contributed by atoms with E-state index in [2.05, 4.69) is 5.43 Å². The molecule has 27 heavy (non-hydrogen) atoms. The van der Waals surface area contributed by atoms with Gasteiger partial charge in [0.1, 0.15) is 16.4 Å². The summed E-state index contributed by atoms with van der Waals surface area (Å²) in [5, 5.41) is 9.36. The fourth-order valence-electron chi connectivity index (χ4n) is 2.44. The van der Waals surface area contributed by atoms with Gasteiger partial charge < -0.3 is 9.84 Å². The highest BCUT2D eigenvalue weighted by atomic mass is 32.1. The van der Waals surface area contributed by atoms with Crippen LogP contribution in [0.15, 0.2) is 70.3 Å². The third-order valence-electron chi connectivity index (χ3n) is 3.82. The molecule has 0 bridgehead atoms. The highest BCUT2D eigenvalue weighted by Gasteiger charge is 2.22. The molecule has 0 saturated heterocycles. The molecule has 0 aliphatic rings. The molecule has 0 atom stereocenters. The van der Waals surface area contributed by atoms with Crippen LogP contribution in [0, 0.1) is 0 Å². The van der Waals surface area contributed by atoms with Crippen LogP contribution in [0.2, 0.25) is 0 Å². The predicted molar refractivity (Wildman–Crippen MR) is 102 cm³/mol. The van der Waals surface area contributed by atoms with Crippen molar-refractivity contribution in [1.29, 1.82) is 0 Å². The van der Waals surface area contributed by atoms with Crippen LogP contribution in [0.5, 0.6) is 11.5 Å². The maximum Gasteiger partial charge on any atom is 0.348 e. The number of nitrogens with one attached hydrogen (secondary N) is 1. The summed E-state index contributed by atoms with van der Waals surface area (Å²) in [5.41, 5.74) is 2.14.